The van der Waals surface area contributed by atoms with Gasteiger partial charge < -0.3 is 5.32 Å². The molecule has 1 N–H and O–H groups in total. The summed E-state index contributed by atoms with van der Waals surface area (Å²) in [6, 6.07) is 9.38. The van der Waals surface area contributed by atoms with Crippen molar-refractivity contribution in [3.05, 3.63) is 35.4 Å². The first-order valence-electron chi connectivity index (χ1n) is 5.29. The average molecular weight is 239 g/mol. The standard InChI is InChI=1S/C12H17NS2/c1-14-7-6-13-12-9-15-8-10-4-2-3-5-11(10)12/h2-5,12-13H,6-9H2,1H3. The highest BCUT2D eigenvalue weighted by molar-refractivity contribution is 7.98. The Morgan fingerprint density at radius 1 is 1.47 bits per heavy atom. The highest BCUT2D eigenvalue weighted by Crippen LogP contribution is 2.31. The molecular formula is C12H17NS2. The van der Waals surface area contributed by atoms with Crippen molar-refractivity contribution in [1.82, 2.24) is 5.32 Å². The molecule has 82 valence electrons. The molecule has 2 rings (SSSR count). The Hall–Kier alpha value is -0.120. The summed E-state index contributed by atoms with van der Waals surface area (Å²) in [5.41, 5.74) is 3.02. The van der Waals surface area contributed by atoms with Crippen molar-refractivity contribution in [2.24, 2.45) is 0 Å². The molecule has 1 unspecified atom stereocenters. The molecule has 0 aromatic heterocycles. The number of rotatable bonds is 4. The lowest BCUT2D eigenvalue weighted by molar-refractivity contribution is 0.601. The molecule has 0 saturated carbocycles. The molecular weight excluding hydrogens is 222 g/mol. The Kier molecular flexibility index (Phi) is 4.42. The Morgan fingerprint density at radius 2 is 2.33 bits per heavy atom. The quantitative estimate of drug-likeness (QED) is 0.811. The van der Waals surface area contributed by atoms with Crippen molar-refractivity contribution in [2.45, 2.75) is 11.8 Å². The lowest BCUT2D eigenvalue weighted by Gasteiger charge is -2.26. The zero-order valence-corrected chi connectivity index (χ0v) is 10.7. The van der Waals surface area contributed by atoms with E-state index in [1.165, 1.54) is 28.4 Å². The predicted molar refractivity (Wildman–Crippen MR) is 71.7 cm³/mol. The van der Waals surface area contributed by atoms with Gasteiger partial charge in [0.2, 0.25) is 0 Å². The first-order chi connectivity index (χ1) is 7.42. The fourth-order valence-electron chi connectivity index (χ4n) is 1.89. The third-order valence-electron chi connectivity index (χ3n) is 2.67. The lowest BCUT2D eigenvalue weighted by atomic mass is 10.0. The molecule has 0 fully saturated rings. The minimum Gasteiger partial charge on any atom is -0.308 e. The van der Waals surface area contributed by atoms with Gasteiger partial charge in [0.1, 0.15) is 0 Å². The maximum atomic E-state index is 3.64. The summed E-state index contributed by atoms with van der Waals surface area (Å²) in [5, 5.41) is 3.64. The highest BCUT2D eigenvalue weighted by Gasteiger charge is 2.18. The molecule has 0 bridgehead atoms. The Morgan fingerprint density at radius 3 is 3.20 bits per heavy atom. The second-order valence-electron chi connectivity index (χ2n) is 3.71. The van der Waals surface area contributed by atoms with Crippen LogP contribution in [0, 0.1) is 0 Å². The molecule has 1 atom stereocenters. The smallest absolute Gasteiger partial charge is 0.0415 e. The van der Waals surface area contributed by atoms with Crippen LogP contribution in [0.25, 0.3) is 0 Å². The number of thioether (sulfide) groups is 2. The van der Waals surface area contributed by atoms with Crippen molar-refractivity contribution < 1.29 is 0 Å². The number of nitrogens with one attached hydrogen (secondary N) is 1. The minimum atomic E-state index is 0.562. The van der Waals surface area contributed by atoms with E-state index in [9.17, 15) is 0 Å². The van der Waals surface area contributed by atoms with Gasteiger partial charge in [0, 0.05) is 29.8 Å². The van der Waals surface area contributed by atoms with Crippen LogP contribution in [0.5, 0.6) is 0 Å². The Balaban J connectivity index is 2.02. The molecule has 0 amide bonds. The topological polar surface area (TPSA) is 12.0 Å². The number of hydrogen-bond donors (Lipinski definition) is 1. The van der Waals surface area contributed by atoms with Crippen molar-refractivity contribution in [3.63, 3.8) is 0 Å². The van der Waals surface area contributed by atoms with Gasteiger partial charge in [0.25, 0.3) is 0 Å². The molecule has 1 aliphatic heterocycles. The second kappa shape index (κ2) is 5.83. The van der Waals surface area contributed by atoms with E-state index in [2.05, 4.69) is 35.8 Å². The van der Waals surface area contributed by atoms with Gasteiger partial charge in [-0.2, -0.15) is 23.5 Å². The van der Waals surface area contributed by atoms with Crippen molar-refractivity contribution in [3.8, 4) is 0 Å². The summed E-state index contributed by atoms with van der Waals surface area (Å²) in [6.07, 6.45) is 2.16. The fraction of sp³-hybridized carbons (Fsp3) is 0.500. The number of fused-ring (bicyclic) bond motifs is 1. The molecule has 0 spiro atoms. The largest absolute Gasteiger partial charge is 0.308 e. The van der Waals surface area contributed by atoms with Crippen LogP contribution in [0.2, 0.25) is 0 Å². The van der Waals surface area contributed by atoms with Gasteiger partial charge in [0.15, 0.2) is 0 Å². The van der Waals surface area contributed by atoms with Crippen LogP contribution in [-0.4, -0.2) is 24.3 Å². The second-order valence-corrected chi connectivity index (χ2v) is 5.73. The van der Waals surface area contributed by atoms with Crippen molar-refractivity contribution in [2.75, 3.05) is 24.3 Å². The molecule has 0 aliphatic carbocycles. The van der Waals surface area contributed by atoms with Gasteiger partial charge in [-0.05, 0) is 17.4 Å². The van der Waals surface area contributed by atoms with E-state index in [-0.39, 0.29) is 0 Å². The Labute approximate surface area is 100 Å². The zero-order chi connectivity index (χ0) is 10.5. The molecule has 15 heavy (non-hydrogen) atoms. The van der Waals surface area contributed by atoms with Gasteiger partial charge in [0.05, 0.1) is 0 Å². The number of benzene rings is 1. The van der Waals surface area contributed by atoms with Crippen LogP contribution in [0.4, 0.5) is 0 Å². The minimum absolute atomic E-state index is 0.562. The fourth-order valence-corrected chi connectivity index (χ4v) is 3.34. The van der Waals surface area contributed by atoms with E-state index in [1.54, 1.807) is 0 Å². The average Bonchev–Trinajstić information content (AvgIpc) is 2.30. The molecule has 1 aromatic carbocycles. The van der Waals surface area contributed by atoms with Crippen LogP contribution in [0.1, 0.15) is 17.2 Å². The van der Waals surface area contributed by atoms with Crippen LogP contribution in [0.3, 0.4) is 0 Å². The highest BCUT2D eigenvalue weighted by atomic mass is 32.2. The van der Waals surface area contributed by atoms with E-state index < -0.39 is 0 Å². The van der Waals surface area contributed by atoms with E-state index in [0.29, 0.717) is 6.04 Å². The Bertz CT molecular complexity index is 314. The molecule has 3 heteroatoms. The zero-order valence-electron chi connectivity index (χ0n) is 9.03. The van der Waals surface area contributed by atoms with Crippen molar-refractivity contribution in [1.29, 1.82) is 0 Å². The first-order valence-corrected chi connectivity index (χ1v) is 7.84. The van der Waals surface area contributed by atoms with Crippen LogP contribution in [-0.2, 0) is 5.75 Å². The molecule has 1 aliphatic rings. The lowest BCUT2D eigenvalue weighted by Crippen LogP contribution is -2.28. The van der Waals surface area contributed by atoms with Gasteiger partial charge in [-0.15, -0.1) is 0 Å². The normalized spacial score (nSPS) is 19.9. The third-order valence-corrected chi connectivity index (χ3v) is 4.37. The van der Waals surface area contributed by atoms with E-state index >= 15 is 0 Å². The first kappa shape index (κ1) is 11.4. The number of hydrogen-bond acceptors (Lipinski definition) is 3. The summed E-state index contributed by atoms with van der Waals surface area (Å²) >= 11 is 3.94. The predicted octanol–water partition coefficient (Wildman–Crippen LogP) is 2.93. The summed E-state index contributed by atoms with van der Waals surface area (Å²) < 4.78 is 0. The summed E-state index contributed by atoms with van der Waals surface area (Å²) in [7, 11) is 0. The van der Waals surface area contributed by atoms with Gasteiger partial charge in [-0.1, -0.05) is 24.3 Å². The maximum Gasteiger partial charge on any atom is 0.0415 e. The molecule has 1 heterocycles. The maximum absolute atomic E-state index is 3.64. The van der Waals surface area contributed by atoms with E-state index in [4.69, 9.17) is 0 Å². The molecule has 0 radical (unpaired) electrons. The summed E-state index contributed by atoms with van der Waals surface area (Å²) in [4.78, 5) is 0. The van der Waals surface area contributed by atoms with E-state index in [1.807, 2.05) is 23.5 Å². The summed E-state index contributed by atoms with van der Waals surface area (Å²) in [6.45, 7) is 1.11. The summed E-state index contributed by atoms with van der Waals surface area (Å²) in [5.74, 6) is 3.59. The monoisotopic (exact) mass is 239 g/mol. The van der Waals surface area contributed by atoms with Gasteiger partial charge in [-0.3, -0.25) is 0 Å². The van der Waals surface area contributed by atoms with Crippen LogP contribution < -0.4 is 5.32 Å². The van der Waals surface area contributed by atoms with Crippen molar-refractivity contribution >= 4 is 23.5 Å². The third kappa shape index (κ3) is 2.92. The van der Waals surface area contributed by atoms with E-state index in [0.717, 1.165) is 6.54 Å². The SMILES string of the molecule is CSCCNC1CSCc2ccccc21. The molecule has 0 saturated heterocycles. The van der Waals surface area contributed by atoms with Gasteiger partial charge in [-0.25, -0.2) is 0 Å². The molecule has 1 aromatic rings. The molecule has 1 nitrogen and oxygen atoms in total. The van der Waals surface area contributed by atoms with Crippen LogP contribution in [0.15, 0.2) is 24.3 Å². The van der Waals surface area contributed by atoms with Crippen LogP contribution >= 0.6 is 23.5 Å². The van der Waals surface area contributed by atoms with Gasteiger partial charge >= 0.3 is 0 Å².